The summed E-state index contributed by atoms with van der Waals surface area (Å²) in [6.45, 7) is 0.388. The van der Waals surface area contributed by atoms with E-state index in [4.69, 9.17) is 23.2 Å². The number of H-pyrrole nitrogens is 1. The lowest BCUT2D eigenvalue weighted by Crippen LogP contribution is -2.22. The minimum atomic E-state index is -0.195. The van der Waals surface area contributed by atoms with Crippen molar-refractivity contribution in [3.63, 3.8) is 0 Å². The highest BCUT2D eigenvalue weighted by Crippen LogP contribution is 2.38. The van der Waals surface area contributed by atoms with Gasteiger partial charge in [0.25, 0.3) is 5.91 Å². The van der Waals surface area contributed by atoms with Crippen molar-refractivity contribution in [1.29, 1.82) is 0 Å². The molecule has 2 N–H and O–H groups in total. The molecule has 3 aromatic heterocycles. The van der Waals surface area contributed by atoms with Gasteiger partial charge in [0.2, 0.25) is 0 Å². The third-order valence-corrected chi connectivity index (χ3v) is 6.32. The lowest BCUT2D eigenvalue weighted by Gasteiger charge is -2.00. The monoisotopic (exact) mass is 381 g/mol. The summed E-state index contributed by atoms with van der Waals surface area (Å²) in [6, 6.07) is 9.66. The predicted octanol–water partition coefficient (Wildman–Crippen LogP) is 5.08. The molecule has 0 unspecified atom stereocenters. The van der Waals surface area contributed by atoms with Gasteiger partial charge in [-0.2, -0.15) is 0 Å². The number of fused-ring (bicyclic) bond motifs is 2. The SMILES string of the molecule is O=C(NCc1nc2ccccc2s1)c1cc2sc(Cl)c(Cl)c2[nH]1. The number of aromatic nitrogens is 2. The molecule has 4 nitrogen and oxygen atoms in total. The molecule has 0 spiro atoms. The average Bonchev–Trinajstić information content (AvgIpc) is 3.20. The van der Waals surface area contributed by atoms with Gasteiger partial charge in [-0.15, -0.1) is 22.7 Å². The van der Waals surface area contributed by atoms with Gasteiger partial charge < -0.3 is 10.3 Å². The average molecular weight is 382 g/mol. The molecule has 0 aliphatic carbocycles. The standard InChI is InChI=1S/C15H9Cl2N3OS2/c16-12-13-10(23-14(12)17)5-8(20-13)15(21)18-6-11-19-7-3-1-2-4-9(7)22-11/h1-5,20H,6H2,(H,18,21). The summed E-state index contributed by atoms with van der Waals surface area (Å²) in [7, 11) is 0. The Morgan fingerprint density at radius 2 is 2.04 bits per heavy atom. The quantitative estimate of drug-likeness (QED) is 0.519. The Balaban J connectivity index is 1.52. The second-order valence-electron chi connectivity index (χ2n) is 4.87. The number of nitrogens with one attached hydrogen (secondary N) is 2. The molecule has 4 rings (SSSR count). The van der Waals surface area contributed by atoms with Crippen LogP contribution in [0.3, 0.4) is 0 Å². The Bertz CT molecular complexity index is 1000. The molecule has 3 heterocycles. The maximum absolute atomic E-state index is 12.3. The number of carbonyl (C=O) groups excluding carboxylic acids is 1. The maximum atomic E-state index is 12.3. The molecule has 23 heavy (non-hydrogen) atoms. The summed E-state index contributed by atoms with van der Waals surface area (Å²) in [4.78, 5) is 19.8. The van der Waals surface area contributed by atoms with E-state index in [0.29, 0.717) is 27.1 Å². The van der Waals surface area contributed by atoms with Gasteiger partial charge in [0, 0.05) is 0 Å². The molecule has 8 heteroatoms. The van der Waals surface area contributed by atoms with Crippen molar-refractivity contribution in [2.75, 3.05) is 0 Å². The van der Waals surface area contributed by atoms with E-state index in [-0.39, 0.29) is 5.91 Å². The van der Waals surface area contributed by atoms with Crippen molar-refractivity contribution in [3.05, 3.63) is 50.4 Å². The maximum Gasteiger partial charge on any atom is 0.268 e. The van der Waals surface area contributed by atoms with Gasteiger partial charge >= 0.3 is 0 Å². The zero-order valence-corrected chi connectivity index (χ0v) is 14.7. The molecule has 0 atom stereocenters. The smallest absolute Gasteiger partial charge is 0.268 e. The Labute approximate surface area is 149 Å². The van der Waals surface area contributed by atoms with E-state index in [1.807, 2.05) is 24.3 Å². The van der Waals surface area contributed by atoms with Crippen LogP contribution in [0.4, 0.5) is 0 Å². The highest BCUT2D eigenvalue weighted by atomic mass is 35.5. The fourth-order valence-electron chi connectivity index (χ4n) is 2.29. The van der Waals surface area contributed by atoms with E-state index in [1.165, 1.54) is 11.3 Å². The molecule has 0 bridgehead atoms. The van der Waals surface area contributed by atoms with Crippen LogP contribution in [0, 0.1) is 0 Å². The number of hydrogen-bond acceptors (Lipinski definition) is 4. The van der Waals surface area contributed by atoms with Crippen molar-refractivity contribution in [1.82, 2.24) is 15.3 Å². The zero-order valence-electron chi connectivity index (χ0n) is 11.5. The number of benzene rings is 1. The number of aromatic amines is 1. The zero-order chi connectivity index (χ0) is 16.0. The number of hydrogen-bond donors (Lipinski definition) is 2. The molecule has 0 saturated carbocycles. The van der Waals surface area contributed by atoms with Gasteiger partial charge in [0.1, 0.15) is 15.0 Å². The Morgan fingerprint density at radius 3 is 2.83 bits per heavy atom. The summed E-state index contributed by atoms with van der Waals surface area (Å²) in [5, 5.41) is 4.19. The van der Waals surface area contributed by atoms with Crippen molar-refractivity contribution in [2.45, 2.75) is 6.54 Å². The minimum Gasteiger partial charge on any atom is -0.349 e. The van der Waals surface area contributed by atoms with Gasteiger partial charge in [0.05, 0.1) is 32.0 Å². The van der Waals surface area contributed by atoms with E-state index in [0.717, 1.165) is 19.9 Å². The third kappa shape index (κ3) is 2.72. The van der Waals surface area contributed by atoms with Crippen LogP contribution in [0.5, 0.6) is 0 Å². The first-order chi connectivity index (χ1) is 11.1. The second-order valence-corrected chi connectivity index (χ2v) is 8.02. The fraction of sp³-hybridized carbons (Fsp3) is 0.0667. The Morgan fingerprint density at radius 1 is 1.22 bits per heavy atom. The molecule has 0 saturated heterocycles. The van der Waals surface area contributed by atoms with Gasteiger partial charge in [-0.3, -0.25) is 4.79 Å². The number of amides is 1. The summed E-state index contributed by atoms with van der Waals surface area (Å²) >= 11 is 15.0. The van der Waals surface area contributed by atoms with Crippen LogP contribution in [0.2, 0.25) is 9.36 Å². The van der Waals surface area contributed by atoms with Crippen molar-refractivity contribution < 1.29 is 4.79 Å². The van der Waals surface area contributed by atoms with Gasteiger partial charge in [-0.1, -0.05) is 35.3 Å². The first kappa shape index (κ1) is 15.0. The Kier molecular flexibility index (Phi) is 3.77. The molecule has 116 valence electrons. The molecule has 0 aliphatic heterocycles. The lowest BCUT2D eigenvalue weighted by atomic mass is 10.3. The summed E-state index contributed by atoms with van der Waals surface area (Å²) in [6.07, 6.45) is 0. The van der Waals surface area contributed by atoms with Gasteiger partial charge in [0.15, 0.2) is 0 Å². The van der Waals surface area contributed by atoms with Crippen LogP contribution in [0.15, 0.2) is 30.3 Å². The summed E-state index contributed by atoms with van der Waals surface area (Å²) in [5.74, 6) is -0.195. The van der Waals surface area contributed by atoms with Crippen LogP contribution >= 0.6 is 45.9 Å². The first-order valence-electron chi connectivity index (χ1n) is 6.71. The van der Waals surface area contributed by atoms with Crippen LogP contribution in [-0.4, -0.2) is 15.9 Å². The second kappa shape index (κ2) is 5.79. The number of rotatable bonds is 3. The van der Waals surface area contributed by atoms with Crippen molar-refractivity contribution in [2.24, 2.45) is 0 Å². The third-order valence-electron chi connectivity index (χ3n) is 3.36. The number of halogens is 2. The molecule has 4 aromatic rings. The molecule has 0 fully saturated rings. The number of carbonyl (C=O) groups is 1. The van der Waals surface area contributed by atoms with Gasteiger partial charge in [-0.25, -0.2) is 4.98 Å². The number of nitrogens with zero attached hydrogens (tertiary/aromatic N) is 1. The number of para-hydroxylation sites is 1. The molecular weight excluding hydrogens is 373 g/mol. The summed E-state index contributed by atoms with van der Waals surface area (Å²) < 4.78 is 2.50. The highest BCUT2D eigenvalue weighted by Gasteiger charge is 2.16. The van der Waals surface area contributed by atoms with E-state index in [2.05, 4.69) is 15.3 Å². The fourth-order valence-corrected chi connectivity index (χ4v) is 4.68. The number of thiazole rings is 1. The first-order valence-corrected chi connectivity index (χ1v) is 9.10. The predicted molar refractivity (Wildman–Crippen MR) is 97.0 cm³/mol. The van der Waals surface area contributed by atoms with E-state index < -0.39 is 0 Å². The summed E-state index contributed by atoms with van der Waals surface area (Å²) in [5.41, 5.74) is 2.11. The molecule has 0 radical (unpaired) electrons. The largest absolute Gasteiger partial charge is 0.349 e. The number of thiophene rings is 1. The van der Waals surface area contributed by atoms with Gasteiger partial charge in [-0.05, 0) is 18.2 Å². The normalized spacial score (nSPS) is 11.4. The van der Waals surface area contributed by atoms with Crippen LogP contribution in [0.1, 0.15) is 15.5 Å². The van der Waals surface area contributed by atoms with Crippen LogP contribution in [0.25, 0.3) is 20.4 Å². The lowest BCUT2D eigenvalue weighted by molar-refractivity contribution is 0.0946. The highest BCUT2D eigenvalue weighted by molar-refractivity contribution is 7.23. The van der Waals surface area contributed by atoms with Crippen molar-refractivity contribution >= 4 is 72.2 Å². The minimum absolute atomic E-state index is 0.195. The van der Waals surface area contributed by atoms with E-state index in [9.17, 15) is 4.79 Å². The molecule has 0 aliphatic rings. The molecule has 1 aromatic carbocycles. The molecule has 1 amide bonds. The topological polar surface area (TPSA) is 57.8 Å². The van der Waals surface area contributed by atoms with Crippen LogP contribution in [-0.2, 0) is 6.54 Å². The van der Waals surface area contributed by atoms with E-state index in [1.54, 1.807) is 17.4 Å². The van der Waals surface area contributed by atoms with Crippen molar-refractivity contribution in [3.8, 4) is 0 Å². The molecular formula is C15H9Cl2N3OS2. The Hall–Kier alpha value is -1.60. The van der Waals surface area contributed by atoms with Crippen LogP contribution < -0.4 is 5.32 Å². The van der Waals surface area contributed by atoms with E-state index >= 15 is 0 Å².